The van der Waals surface area contributed by atoms with Gasteiger partial charge in [0, 0.05) is 29.7 Å². The Balaban J connectivity index is 0.892. The number of hydrogen-bond donors (Lipinski definition) is 3. The second-order valence-corrected chi connectivity index (χ2v) is 23.6. The number of aromatic nitrogens is 2. The van der Waals surface area contributed by atoms with E-state index in [0.717, 1.165) is 96.8 Å². The first-order valence-electron chi connectivity index (χ1n) is 25.5. The predicted octanol–water partition coefficient (Wildman–Crippen LogP) is 9.83. The number of amides is 3. The van der Waals surface area contributed by atoms with Gasteiger partial charge in [-0.25, -0.2) is 0 Å². The number of nitrogens with one attached hydrogen (secondary N) is 2. The number of fused-ring (bicyclic) bond motifs is 2. The topological polar surface area (TPSA) is 125 Å². The van der Waals surface area contributed by atoms with Gasteiger partial charge in [-0.3, -0.25) is 0 Å². The van der Waals surface area contributed by atoms with Gasteiger partial charge in [0.2, 0.25) is 0 Å². The van der Waals surface area contributed by atoms with Crippen LogP contribution in [-0.4, -0.2) is 70.3 Å². The molecule has 2 aliphatic carbocycles. The molecular weight excluding hydrogens is 886 g/mol. The number of carbonyl (C=O) groups is 3. The fourth-order valence-electron chi connectivity index (χ4n) is 12.0. The van der Waals surface area contributed by atoms with Gasteiger partial charge in [0.1, 0.15) is 0 Å². The number of carbonyl (C=O) groups excluding carboxylic acids is 3. The second-order valence-electron chi connectivity index (χ2n) is 19.6. The number of aliphatic hydroxyl groups excluding tert-OH is 1. The van der Waals surface area contributed by atoms with Crippen LogP contribution in [0.25, 0.3) is 33.2 Å². The first kappa shape index (κ1) is 47.2. The van der Waals surface area contributed by atoms with Crippen molar-refractivity contribution in [2.24, 2.45) is 17.8 Å². The van der Waals surface area contributed by atoms with Crippen LogP contribution in [0.5, 0.6) is 0 Å². The van der Waals surface area contributed by atoms with Crippen molar-refractivity contribution in [2.75, 3.05) is 37.7 Å². The molecule has 0 unspecified atom stereocenters. The van der Waals surface area contributed by atoms with Crippen molar-refractivity contribution >= 4 is 57.4 Å². The van der Waals surface area contributed by atoms with Gasteiger partial charge < -0.3 is 10.4 Å². The normalized spacial score (nSPS) is 17.6. The molecule has 0 radical (unpaired) electrons. The molecule has 70 heavy (non-hydrogen) atoms. The van der Waals surface area contributed by atoms with E-state index < -0.39 is 7.26 Å². The van der Waals surface area contributed by atoms with Gasteiger partial charge in [-0.15, -0.1) is 5.10 Å². The van der Waals surface area contributed by atoms with Crippen LogP contribution >= 0.6 is 7.26 Å². The summed E-state index contributed by atoms with van der Waals surface area (Å²) >= 11 is 0. The molecule has 1 saturated carbocycles. The molecule has 0 spiro atoms. The summed E-state index contributed by atoms with van der Waals surface area (Å²) in [5.41, 5.74) is 8.88. The minimum absolute atomic E-state index is 0.0534. The zero-order chi connectivity index (χ0) is 48.2. The average Bonchev–Trinajstić information content (AvgIpc) is 4.07. The van der Waals surface area contributed by atoms with E-state index in [0.29, 0.717) is 47.1 Å². The molecule has 358 valence electrons. The summed E-state index contributed by atoms with van der Waals surface area (Å²) in [6.45, 7) is 5.40. The van der Waals surface area contributed by atoms with Crippen LogP contribution in [-0.2, 0) is 17.6 Å². The Morgan fingerprint density at radius 3 is 1.91 bits per heavy atom. The van der Waals surface area contributed by atoms with Gasteiger partial charge in [-0.1, -0.05) is 49.7 Å². The predicted molar refractivity (Wildman–Crippen MR) is 286 cm³/mol. The van der Waals surface area contributed by atoms with Crippen LogP contribution in [0.2, 0.25) is 0 Å². The van der Waals surface area contributed by atoms with E-state index in [4.69, 9.17) is 10.2 Å². The molecule has 10 rings (SSSR count). The molecule has 2 heterocycles. The molecular formula is C60H64N5O4P. The standard InChI is InChI=1S/C60H64N5O4P/c1-3-4-34-62-57-50-27-18-28-51-56(50)53(38-52(57)45-25-14-15-26-48(45)58-49-33-32-47-46(54(47)39-66)31-30-44(49)40(2)63-64-58)60(69)65(59(51)68)36-35-61-55(67)29-16-17-37-70(41-19-8-5-9-20-41,42-21-10-6-11-22-42)43-23-12-7-13-24-43/h5-15,18-28,38,46-47,54,62,66,70H,3-4,16-17,29-37,39H2,1-2H3,(H,61,67)/t46-,47+,54-/m0/s1. The Labute approximate surface area is 412 Å². The summed E-state index contributed by atoms with van der Waals surface area (Å²) in [6.07, 6.45) is 8.67. The van der Waals surface area contributed by atoms with Crippen LogP contribution in [0.3, 0.4) is 0 Å². The third-order valence-corrected chi connectivity index (χ3v) is 20.7. The summed E-state index contributed by atoms with van der Waals surface area (Å²) in [6, 6.07) is 48.5. The van der Waals surface area contributed by atoms with E-state index in [1.54, 1.807) is 0 Å². The molecule has 3 N–H and O–H groups in total. The van der Waals surface area contributed by atoms with Gasteiger partial charge in [0.25, 0.3) is 0 Å². The molecule has 3 atom stereocenters. The van der Waals surface area contributed by atoms with Crippen LogP contribution in [0, 0.1) is 24.7 Å². The Morgan fingerprint density at radius 2 is 1.27 bits per heavy atom. The number of unbranched alkanes of at least 4 members (excludes halogenated alkanes) is 2. The van der Waals surface area contributed by atoms with Gasteiger partial charge in [0.05, 0.1) is 17.1 Å². The van der Waals surface area contributed by atoms with Crippen LogP contribution in [0.4, 0.5) is 5.69 Å². The zero-order valence-electron chi connectivity index (χ0n) is 40.4. The van der Waals surface area contributed by atoms with Crippen molar-refractivity contribution < 1.29 is 19.5 Å². The van der Waals surface area contributed by atoms with Gasteiger partial charge in [-0.05, 0) is 73.5 Å². The van der Waals surface area contributed by atoms with Crippen LogP contribution < -0.4 is 26.5 Å². The molecule has 7 aromatic rings. The molecule has 3 amide bonds. The Hall–Kier alpha value is -6.54. The van der Waals surface area contributed by atoms with E-state index in [2.05, 4.69) is 128 Å². The summed E-state index contributed by atoms with van der Waals surface area (Å²) in [7, 11) is -2.41. The molecule has 0 bridgehead atoms. The van der Waals surface area contributed by atoms with Crippen molar-refractivity contribution in [2.45, 2.75) is 71.6 Å². The Bertz CT molecular complexity index is 2940. The molecule has 1 aliphatic heterocycles. The van der Waals surface area contributed by atoms with Gasteiger partial charge in [-0.2, -0.15) is 5.10 Å². The molecule has 1 aromatic heterocycles. The first-order valence-corrected chi connectivity index (χ1v) is 27.7. The quantitative estimate of drug-likeness (QED) is 0.0445. The summed E-state index contributed by atoms with van der Waals surface area (Å²) in [5, 5.41) is 32.1. The molecule has 6 aromatic carbocycles. The van der Waals surface area contributed by atoms with Crippen molar-refractivity contribution in [1.29, 1.82) is 0 Å². The van der Waals surface area contributed by atoms with E-state index in [1.165, 1.54) is 31.9 Å². The van der Waals surface area contributed by atoms with E-state index in [-0.39, 0.29) is 37.4 Å². The Kier molecular flexibility index (Phi) is 14.0. The number of rotatable bonds is 18. The van der Waals surface area contributed by atoms with E-state index in [1.807, 2.05) is 36.4 Å². The average molecular weight is 950 g/mol. The number of aliphatic hydroxyl groups is 1. The summed E-state index contributed by atoms with van der Waals surface area (Å²) < 4.78 is 0. The SMILES string of the molecule is CCCCNc1c(-c2ccccc2-c2nnc(C)c3c2CC[C@H]2[C@@H](CO)[C@H]2CC3)cc2c3c(cccc13)C(=O)N(CCNC(=O)CCCC[PH](c1ccccc1)(c1ccccc1)c1ccccc1)C2=O. The molecule has 0 saturated heterocycles. The van der Waals surface area contributed by atoms with Gasteiger partial charge in [0.15, 0.2) is 0 Å². The number of aryl methyl sites for hydroxylation is 1. The van der Waals surface area contributed by atoms with Crippen LogP contribution in [0.15, 0.2) is 140 Å². The molecule has 1 fully saturated rings. The van der Waals surface area contributed by atoms with Crippen molar-refractivity contribution in [1.82, 2.24) is 20.4 Å². The third-order valence-electron chi connectivity index (χ3n) is 15.6. The zero-order valence-corrected chi connectivity index (χ0v) is 41.4. The maximum atomic E-state index is 14.8. The number of imide groups is 1. The number of hydrogen-bond acceptors (Lipinski definition) is 7. The maximum absolute atomic E-state index is 14.8. The molecule has 9 nitrogen and oxygen atoms in total. The van der Waals surface area contributed by atoms with Gasteiger partial charge >= 0.3 is 224 Å². The monoisotopic (exact) mass is 949 g/mol. The van der Waals surface area contributed by atoms with E-state index >= 15 is 0 Å². The number of nitrogens with zero attached hydrogens (tertiary/aromatic N) is 3. The van der Waals surface area contributed by atoms with E-state index in [9.17, 15) is 19.5 Å². The third kappa shape index (κ3) is 8.95. The number of anilines is 1. The molecule has 10 heteroatoms. The van der Waals surface area contributed by atoms with Crippen molar-refractivity contribution in [3.63, 3.8) is 0 Å². The van der Waals surface area contributed by atoms with Crippen molar-refractivity contribution in [3.05, 3.63) is 167 Å². The summed E-state index contributed by atoms with van der Waals surface area (Å²) in [5.74, 6) is 0.668. The summed E-state index contributed by atoms with van der Waals surface area (Å²) in [4.78, 5) is 43.9. The van der Waals surface area contributed by atoms with Crippen LogP contribution in [0.1, 0.15) is 89.4 Å². The fraction of sp³-hybridized carbons (Fsp3) is 0.317. The molecule has 3 aliphatic rings. The second kappa shape index (κ2) is 20.8. The Morgan fingerprint density at radius 1 is 0.671 bits per heavy atom. The fourth-order valence-corrected chi connectivity index (χ4v) is 16.9. The van der Waals surface area contributed by atoms with Crippen molar-refractivity contribution in [3.8, 4) is 22.4 Å². The first-order chi connectivity index (χ1) is 34.3. The number of benzene rings is 6. The minimum atomic E-state index is -2.41.